The summed E-state index contributed by atoms with van der Waals surface area (Å²) in [5, 5.41) is 10.4. The fourth-order valence-corrected chi connectivity index (χ4v) is 3.87. The number of amides is 1. The van der Waals surface area contributed by atoms with Crippen LogP contribution in [0.5, 0.6) is 0 Å². The van der Waals surface area contributed by atoms with E-state index in [2.05, 4.69) is 0 Å². The number of carboxylic acids is 1. The van der Waals surface area contributed by atoms with Crippen molar-refractivity contribution in [3.63, 3.8) is 0 Å². The van der Waals surface area contributed by atoms with Crippen molar-refractivity contribution in [2.75, 3.05) is 18.1 Å². The molecule has 1 amide bonds. The maximum atomic E-state index is 12.1. The van der Waals surface area contributed by atoms with Gasteiger partial charge in [-0.1, -0.05) is 0 Å². The summed E-state index contributed by atoms with van der Waals surface area (Å²) < 4.78 is 45.7. The van der Waals surface area contributed by atoms with Crippen LogP contribution in [0.3, 0.4) is 0 Å². The van der Waals surface area contributed by atoms with Gasteiger partial charge in [0.25, 0.3) is 5.91 Å². The van der Waals surface area contributed by atoms with E-state index < -0.39 is 64.0 Å². The summed E-state index contributed by atoms with van der Waals surface area (Å²) in [6.45, 7) is 0.774. The predicted octanol–water partition coefficient (Wildman–Crippen LogP) is -3.36. The SMILES string of the molecule is CC(=O)OCC1=C(C(=O)[O-])N2C(=O)[C@@H](OC(=O)CSC(F)(F)F)[C@H]2SC1.[Na+]. The second kappa shape index (κ2) is 9.54. The minimum atomic E-state index is -4.62. The summed E-state index contributed by atoms with van der Waals surface area (Å²) in [7, 11) is 0. The molecule has 14 heteroatoms. The van der Waals surface area contributed by atoms with Crippen LogP contribution in [-0.2, 0) is 28.7 Å². The number of nitrogens with zero attached hydrogens (tertiary/aromatic N) is 1. The topological polar surface area (TPSA) is 113 Å². The third kappa shape index (κ3) is 6.04. The largest absolute Gasteiger partial charge is 1.00 e. The molecule has 2 aliphatic heterocycles. The minimum Gasteiger partial charge on any atom is -0.543 e. The van der Waals surface area contributed by atoms with Crippen LogP contribution in [0.15, 0.2) is 11.3 Å². The van der Waals surface area contributed by atoms with Crippen LogP contribution in [0.25, 0.3) is 0 Å². The van der Waals surface area contributed by atoms with Gasteiger partial charge in [-0.25, -0.2) is 0 Å². The Balaban J connectivity index is 0.00000364. The molecular weight excluding hydrogens is 426 g/mol. The first-order chi connectivity index (χ1) is 12.0. The molecule has 2 atom stereocenters. The number of hydrogen-bond donors (Lipinski definition) is 0. The van der Waals surface area contributed by atoms with Crippen molar-refractivity contribution in [1.29, 1.82) is 0 Å². The van der Waals surface area contributed by atoms with E-state index in [4.69, 9.17) is 9.47 Å². The number of carbonyl (C=O) groups excluding carboxylic acids is 4. The van der Waals surface area contributed by atoms with Crippen molar-refractivity contribution in [1.82, 2.24) is 4.90 Å². The van der Waals surface area contributed by atoms with Gasteiger partial charge in [-0.2, -0.15) is 13.2 Å². The number of fused-ring (bicyclic) bond motifs is 1. The monoisotopic (exact) mass is 437 g/mol. The molecule has 8 nitrogen and oxygen atoms in total. The molecule has 0 aromatic carbocycles. The molecule has 0 unspecified atom stereocenters. The van der Waals surface area contributed by atoms with Crippen molar-refractivity contribution in [2.45, 2.75) is 23.9 Å². The molecule has 2 aliphatic rings. The maximum absolute atomic E-state index is 12.1. The van der Waals surface area contributed by atoms with E-state index in [-0.39, 0.29) is 47.5 Å². The fourth-order valence-electron chi connectivity index (χ4n) is 2.23. The van der Waals surface area contributed by atoms with E-state index >= 15 is 0 Å². The number of esters is 2. The number of carbonyl (C=O) groups is 4. The van der Waals surface area contributed by atoms with Crippen LogP contribution in [-0.4, -0.2) is 63.8 Å². The van der Waals surface area contributed by atoms with Gasteiger partial charge in [0, 0.05) is 18.2 Å². The molecule has 0 saturated carbocycles. The van der Waals surface area contributed by atoms with Crippen molar-refractivity contribution in [3.05, 3.63) is 11.3 Å². The second-order valence-corrected chi connectivity index (χ2v) is 7.22. The Hall–Kier alpha value is -0.890. The van der Waals surface area contributed by atoms with Crippen LogP contribution in [0.4, 0.5) is 13.2 Å². The zero-order valence-electron chi connectivity index (χ0n) is 14.0. The van der Waals surface area contributed by atoms with Crippen LogP contribution in [0.2, 0.25) is 0 Å². The maximum Gasteiger partial charge on any atom is 1.00 e. The van der Waals surface area contributed by atoms with Gasteiger partial charge in [0.1, 0.15) is 17.7 Å². The number of carboxylic acid groups (broad SMARTS) is 1. The quantitative estimate of drug-likeness (QED) is 0.239. The number of hydrogen-bond acceptors (Lipinski definition) is 9. The van der Waals surface area contributed by atoms with Crippen LogP contribution < -0.4 is 34.7 Å². The smallest absolute Gasteiger partial charge is 0.543 e. The predicted molar refractivity (Wildman–Crippen MR) is 80.2 cm³/mol. The molecule has 0 radical (unpaired) electrons. The Bertz CT molecular complexity index is 685. The number of ether oxygens (including phenoxy) is 2. The number of alkyl halides is 3. The molecule has 27 heavy (non-hydrogen) atoms. The average molecular weight is 437 g/mol. The molecule has 0 aliphatic carbocycles. The molecule has 0 spiro atoms. The van der Waals surface area contributed by atoms with Crippen molar-refractivity contribution in [3.8, 4) is 0 Å². The Kier molecular flexibility index (Phi) is 8.53. The number of β-lactam (4-membered cyclic amide) rings is 1. The summed E-state index contributed by atoms with van der Waals surface area (Å²) in [6.07, 6.45) is -1.38. The Labute approximate surface area is 181 Å². The van der Waals surface area contributed by atoms with Gasteiger partial charge in [-0.3, -0.25) is 19.3 Å². The molecule has 1 fully saturated rings. The normalized spacial score (nSPS) is 21.6. The van der Waals surface area contributed by atoms with Gasteiger partial charge in [0.05, 0.1) is 11.7 Å². The third-order valence-corrected chi connectivity index (χ3v) is 5.28. The van der Waals surface area contributed by atoms with E-state index in [1.54, 1.807) is 0 Å². The van der Waals surface area contributed by atoms with E-state index in [0.717, 1.165) is 23.6 Å². The number of rotatable bonds is 6. The van der Waals surface area contributed by atoms with Crippen LogP contribution in [0.1, 0.15) is 6.92 Å². The van der Waals surface area contributed by atoms with E-state index in [1.165, 1.54) is 0 Å². The first kappa shape index (κ1) is 24.1. The first-order valence-corrected chi connectivity index (χ1v) is 8.96. The van der Waals surface area contributed by atoms with Gasteiger partial charge in [-0.15, -0.1) is 11.8 Å². The summed E-state index contributed by atoms with van der Waals surface area (Å²) in [4.78, 5) is 46.6. The Morgan fingerprint density at radius 3 is 2.52 bits per heavy atom. The van der Waals surface area contributed by atoms with Gasteiger partial charge in [0.2, 0.25) is 6.10 Å². The van der Waals surface area contributed by atoms with Crippen molar-refractivity contribution >= 4 is 47.3 Å². The van der Waals surface area contributed by atoms with Gasteiger partial charge in [-0.05, 0) is 11.8 Å². The van der Waals surface area contributed by atoms with Crippen molar-refractivity contribution in [2.24, 2.45) is 0 Å². The summed E-state index contributed by atoms with van der Waals surface area (Å²) >= 11 is 0.426. The fraction of sp³-hybridized carbons (Fsp3) is 0.538. The summed E-state index contributed by atoms with van der Waals surface area (Å²) in [6, 6.07) is 0. The number of thioether (sulfide) groups is 2. The number of halogens is 3. The minimum absolute atomic E-state index is 0. The third-order valence-electron chi connectivity index (χ3n) is 3.25. The van der Waals surface area contributed by atoms with Crippen LogP contribution in [0, 0.1) is 0 Å². The molecule has 2 heterocycles. The molecule has 1 saturated heterocycles. The van der Waals surface area contributed by atoms with Gasteiger partial charge < -0.3 is 19.4 Å². The molecular formula is C13H11F3NNaO7S2. The number of aliphatic carboxylic acids is 1. The zero-order valence-corrected chi connectivity index (χ0v) is 17.7. The molecule has 0 aromatic heterocycles. The van der Waals surface area contributed by atoms with Gasteiger partial charge in [0.15, 0.2) is 0 Å². The van der Waals surface area contributed by atoms with E-state index in [0.29, 0.717) is 0 Å². The average Bonchev–Trinajstić information content (AvgIpc) is 2.54. The summed E-state index contributed by atoms with van der Waals surface area (Å²) in [5.74, 6) is -5.43. The van der Waals surface area contributed by atoms with Gasteiger partial charge >= 0.3 is 47.0 Å². The first-order valence-electron chi connectivity index (χ1n) is 6.93. The molecule has 0 bridgehead atoms. The van der Waals surface area contributed by atoms with Crippen molar-refractivity contribution < 1.29 is 76.5 Å². The molecule has 0 N–H and O–H groups in total. The molecule has 2 rings (SSSR count). The molecule has 0 aromatic rings. The van der Waals surface area contributed by atoms with Crippen LogP contribution >= 0.6 is 23.5 Å². The molecule has 144 valence electrons. The summed E-state index contributed by atoms with van der Waals surface area (Å²) in [5.41, 5.74) is -4.98. The Morgan fingerprint density at radius 2 is 2.00 bits per heavy atom. The Morgan fingerprint density at radius 1 is 1.37 bits per heavy atom. The standard InChI is InChI=1S/C13H12F3NO7S2.Na/c1-5(18)23-2-6-3-25-11-9(10(20)17(11)8(6)12(21)22)24-7(19)4-26-13(14,15)16;/h9,11H,2-4H2,1H3,(H,21,22);/q;+1/p-1/t9-,11-;/m1./s1. The van der Waals surface area contributed by atoms with E-state index in [1.807, 2.05) is 0 Å². The van der Waals surface area contributed by atoms with E-state index in [9.17, 15) is 37.5 Å². The second-order valence-electron chi connectivity index (χ2n) is 5.07. The zero-order chi connectivity index (χ0) is 19.6.